The second-order valence-corrected chi connectivity index (χ2v) is 5.93. The van der Waals surface area contributed by atoms with E-state index in [0.29, 0.717) is 6.04 Å². The maximum atomic E-state index is 5.36. The number of nitrogens with one attached hydrogen (secondary N) is 2. The quantitative estimate of drug-likeness (QED) is 0.742. The molecule has 16 heavy (non-hydrogen) atoms. The van der Waals surface area contributed by atoms with E-state index in [4.69, 9.17) is 12.2 Å². The van der Waals surface area contributed by atoms with Gasteiger partial charge in [0.25, 0.3) is 0 Å². The van der Waals surface area contributed by atoms with E-state index in [2.05, 4.69) is 17.6 Å². The van der Waals surface area contributed by atoms with Crippen LogP contribution < -0.4 is 10.6 Å². The molecule has 0 aliphatic heterocycles. The summed E-state index contributed by atoms with van der Waals surface area (Å²) >= 11 is 5.36. The first kappa shape index (κ1) is 12.2. The minimum absolute atomic E-state index is 0.614. The van der Waals surface area contributed by atoms with Gasteiger partial charge in [-0.25, -0.2) is 0 Å². The van der Waals surface area contributed by atoms with Gasteiger partial charge in [0.1, 0.15) is 0 Å². The molecule has 2 unspecified atom stereocenters. The van der Waals surface area contributed by atoms with Crippen LogP contribution in [-0.2, 0) is 0 Å². The summed E-state index contributed by atoms with van der Waals surface area (Å²) in [6, 6.07) is 0.614. The predicted octanol–water partition coefficient (Wildman–Crippen LogP) is 2.83. The summed E-state index contributed by atoms with van der Waals surface area (Å²) in [5.41, 5.74) is 0. The molecule has 2 nitrogen and oxygen atoms in total. The van der Waals surface area contributed by atoms with Gasteiger partial charge < -0.3 is 10.6 Å². The molecule has 0 saturated heterocycles. The molecule has 2 fully saturated rings. The van der Waals surface area contributed by atoms with Gasteiger partial charge in [0.15, 0.2) is 5.11 Å². The molecule has 0 amide bonds. The molecule has 92 valence electrons. The fraction of sp³-hybridized carbons (Fsp3) is 0.923. The minimum Gasteiger partial charge on any atom is -0.362 e. The highest BCUT2D eigenvalue weighted by atomic mass is 32.1. The van der Waals surface area contributed by atoms with Crippen molar-refractivity contribution < 1.29 is 0 Å². The molecule has 0 radical (unpaired) electrons. The van der Waals surface area contributed by atoms with Gasteiger partial charge in [0.2, 0.25) is 0 Å². The Morgan fingerprint density at radius 3 is 2.50 bits per heavy atom. The van der Waals surface area contributed by atoms with Crippen LogP contribution in [0.15, 0.2) is 0 Å². The van der Waals surface area contributed by atoms with Crippen LogP contribution in [0.1, 0.15) is 51.9 Å². The van der Waals surface area contributed by atoms with Gasteiger partial charge in [-0.2, -0.15) is 0 Å². The first-order valence-corrected chi connectivity index (χ1v) is 7.21. The summed E-state index contributed by atoms with van der Waals surface area (Å²) in [6.07, 6.45) is 9.57. The van der Waals surface area contributed by atoms with Crippen molar-refractivity contribution in [2.75, 3.05) is 6.54 Å². The lowest BCUT2D eigenvalue weighted by molar-refractivity contribution is 0.477. The topological polar surface area (TPSA) is 24.1 Å². The van der Waals surface area contributed by atoms with E-state index < -0.39 is 0 Å². The van der Waals surface area contributed by atoms with E-state index in [1.165, 1.54) is 44.9 Å². The van der Waals surface area contributed by atoms with Gasteiger partial charge in [0, 0.05) is 12.6 Å². The third-order valence-corrected chi connectivity index (χ3v) is 4.47. The van der Waals surface area contributed by atoms with Crippen molar-refractivity contribution in [1.29, 1.82) is 0 Å². The second-order valence-electron chi connectivity index (χ2n) is 5.52. The number of thiocarbonyl (C=S) groups is 1. The summed E-state index contributed by atoms with van der Waals surface area (Å²) in [4.78, 5) is 0. The van der Waals surface area contributed by atoms with Gasteiger partial charge in [-0.05, 0) is 49.7 Å². The molecule has 0 heterocycles. The Balaban J connectivity index is 1.63. The van der Waals surface area contributed by atoms with Crippen LogP contribution in [0.4, 0.5) is 0 Å². The van der Waals surface area contributed by atoms with Gasteiger partial charge in [0.05, 0.1) is 0 Å². The minimum atomic E-state index is 0.614. The monoisotopic (exact) mass is 240 g/mol. The third kappa shape index (κ3) is 3.34. The molecular weight excluding hydrogens is 216 g/mol. The second kappa shape index (κ2) is 5.85. The normalized spacial score (nSPS) is 30.6. The van der Waals surface area contributed by atoms with Gasteiger partial charge >= 0.3 is 0 Å². The van der Waals surface area contributed by atoms with E-state index in [-0.39, 0.29) is 0 Å². The van der Waals surface area contributed by atoms with Gasteiger partial charge in [-0.1, -0.05) is 26.2 Å². The van der Waals surface area contributed by atoms with E-state index in [1.54, 1.807) is 0 Å². The molecule has 2 N–H and O–H groups in total. The van der Waals surface area contributed by atoms with Crippen LogP contribution in [0.3, 0.4) is 0 Å². The van der Waals surface area contributed by atoms with Crippen molar-refractivity contribution in [2.45, 2.75) is 57.9 Å². The largest absolute Gasteiger partial charge is 0.362 e. The lowest BCUT2D eigenvalue weighted by Gasteiger charge is -2.21. The van der Waals surface area contributed by atoms with Crippen LogP contribution >= 0.6 is 12.2 Å². The molecule has 2 aliphatic carbocycles. The van der Waals surface area contributed by atoms with E-state index in [0.717, 1.165) is 23.5 Å². The molecule has 0 aromatic carbocycles. The number of rotatable bonds is 3. The predicted molar refractivity (Wildman–Crippen MR) is 72.5 cm³/mol. The lowest BCUT2D eigenvalue weighted by atomic mass is 10.1. The average Bonchev–Trinajstić information content (AvgIpc) is 2.88. The lowest BCUT2D eigenvalue weighted by Crippen LogP contribution is -2.44. The Labute approximate surface area is 105 Å². The highest BCUT2D eigenvalue weighted by Gasteiger charge is 2.23. The summed E-state index contributed by atoms with van der Waals surface area (Å²) in [7, 11) is 0. The maximum absolute atomic E-state index is 5.36. The SMILES string of the molecule is CC1CCCC1NC(=S)NCC1CCCC1. The van der Waals surface area contributed by atoms with Crippen molar-refractivity contribution >= 4 is 17.3 Å². The zero-order valence-electron chi connectivity index (χ0n) is 10.3. The average molecular weight is 240 g/mol. The summed E-state index contributed by atoms with van der Waals surface area (Å²) in [5.74, 6) is 1.65. The molecule has 0 aromatic rings. The van der Waals surface area contributed by atoms with Gasteiger partial charge in [-0.3, -0.25) is 0 Å². The molecular formula is C13H24N2S. The first-order valence-electron chi connectivity index (χ1n) is 6.80. The van der Waals surface area contributed by atoms with Crippen molar-refractivity contribution in [3.05, 3.63) is 0 Å². The fourth-order valence-electron chi connectivity index (χ4n) is 3.03. The number of hydrogen-bond donors (Lipinski definition) is 2. The highest BCUT2D eigenvalue weighted by molar-refractivity contribution is 7.80. The summed E-state index contributed by atoms with van der Waals surface area (Å²) in [6.45, 7) is 3.40. The fourth-order valence-corrected chi connectivity index (χ4v) is 3.27. The van der Waals surface area contributed by atoms with Crippen molar-refractivity contribution in [3.8, 4) is 0 Å². The molecule has 2 atom stereocenters. The Morgan fingerprint density at radius 1 is 1.12 bits per heavy atom. The highest BCUT2D eigenvalue weighted by Crippen LogP contribution is 2.25. The molecule has 2 rings (SSSR count). The Hall–Kier alpha value is -0.310. The third-order valence-electron chi connectivity index (χ3n) is 4.20. The van der Waals surface area contributed by atoms with E-state index in [9.17, 15) is 0 Å². The van der Waals surface area contributed by atoms with Crippen LogP contribution in [0.25, 0.3) is 0 Å². The van der Waals surface area contributed by atoms with E-state index in [1.807, 2.05) is 0 Å². The van der Waals surface area contributed by atoms with Crippen molar-refractivity contribution in [3.63, 3.8) is 0 Å². The van der Waals surface area contributed by atoms with E-state index >= 15 is 0 Å². The van der Waals surface area contributed by atoms with Crippen LogP contribution in [0.2, 0.25) is 0 Å². The van der Waals surface area contributed by atoms with Crippen LogP contribution in [-0.4, -0.2) is 17.7 Å². The molecule has 3 heteroatoms. The summed E-state index contributed by atoms with van der Waals surface area (Å²) in [5, 5.41) is 7.75. The standard InChI is InChI=1S/C13H24N2S/c1-10-5-4-8-12(10)15-13(16)14-9-11-6-2-3-7-11/h10-12H,2-9H2,1H3,(H2,14,15,16). The zero-order chi connectivity index (χ0) is 11.4. The molecule has 2 aliphatic rings. The Bertz CT molecular complexity index is 236. The summed E-state index contributed by atoms with van der Waals surface area (Å²) < 4.78 is 0. The van der Waals surface area contributed by atoms with Crippen LogP contribution in [0.5, 0.6) is 0 Å². The molecule has 2 saturated carbocycles. The molecule has 0 spiro atoms. The Kier molecular flexibility index (Phi) is 4.45. The van der Waals surface area contributed by atoms with Crippen LogP contribution in [0, 0.1) is 11.8 Å². The number of hydrogen-bond acceptors (Lipinski definition) is 1. The Morgan fingerprint density at radius 2 is 1.88 bits per heavy atom. The molecule has 0 aromatic heterocycles. The van der Waals surface area contributed by atoms with Gasteiger partial charge in [-0.15, -0.1) is 0 Å². The maximum Gasteiger partial charge on any atom is 0.166 e. The zero-order valence-corrected chi connectivity index (χ0v) is 11.1. The van der Waals surface area contributed by atoms with Crippen molar-refractivity contribution in [2.24, 2.45) is 11.8 Å². The van der Waals surface area contributed by atoms with Crippen molar-refractivity contribution in [1.82, 2.24) is 10.6 Å². The molecule has 0 bridgehead atoms. The smallest absolute Gasteiger partial charge is 0.166 e. The first-order chi connectivity index (χ1) is 7.75.